The maximum absolute atomic E-state index is 12.6. The van der Waals surface area contributed by atoms with Crippen LogP contribution in [-0.2, 0) is 0 Å². The monoisotopic (exact) mass is 376 g/mol. The summed E-state index contributed by atoms with van der Waals surface area (Å²) in [5.41, 5.74) is 3.71. The maximum atomic E-state index is 12.6. The molecule has 122 valence electrons. The zero-order chi connectivity index (χ0) is 16.4. The van der Waals surface area contributed by atoms with Gasteiger partial charge in [0.2, 0.25) is 0 Å². The molecule has 0 saturated carbocycles. The first-order chi connectivity index (χ1) is 11.1. The van der Waals surface area contributed by atoms with Gasteiger partial charge in [0, 0.05) is 25.2 Å². The number of hydrogen-bond donors (Lipinski definition) is 1. The van der Waals surface area contributed by atoms with Crippen molar-refractivity contribution in [2.24, 2.45) is 0 Å². The molecular weight excluding hydrogens is 356 g/mol. The summed E-state index contributed by atoms with van der Waals surface area (Å²) in [7, 11) is 0. The van der Waals surface area contributed by atoms with E-state index in [2.05, 4.69) is 26.3 Å². The van der Waals surface area contributed by atoms with Gasteiger partial charge in [0.1, 0.15) is 0 Å². The summed E-state index contributed by atoms with van der Waals surface area (Å²) >= 11 is 3.54. The minimum absolute atomic E-state index is 0.106. The van der Waals surface area contributed by atoms with E-state index < -0.39 is 0 Å². The second kappa shape index (κ2) is 6.84. The molecule has 2 aromatic rings. The van der Waals surface area contributed by atoms with Crippen molar-refractivity contribution in [3.05, 3.63) is 45.7 Å². The number of amides is 1. The van der Waals surface area contributed by atoms with Crippen molar-refractivity contribution in [3.8, 4) is 5.69 Å². The summed E-state index contributed by atoms with van der Waals surface area (Å²) in [6.07, 6.45) is 1.00. The third kappa shape index (κ3) is 3.33. The molecule has 3 rings (SSSR count). The van der Waals surface area contributed by atoms with Crippen molar-refractivity contribution in [2.75, 3.05) is 26.2 Å². The molecule has 5 nitrogen and oxygen atoms in total. The second-order valence-corrected chi connectivity index (χ2v) is 6.63. The van der Waals surface area contributed by atoms with Gasteiger partial charge in [-0.3, -0.25) is 4.79 Å². The standard InChI is InChI=1S/C17H21BrN4O/c1-12-16(18)13(2)22(20-12)15-6-4-14(5-7-15)17(23)21-10-3-8-19-9-11-21/h4-7,19H,3,8-11H2,1-2H3. The third-order valence-corrected chi connectivity index (χ3v) is 5.34. The number of aryl methyl sites for hydroxylation is 1. The smallest absolute Gasteiger partial charge is 0.253 e. The lowest BCUT2D eigenvalue weighted by Gasteiger charge is -2.20. The van der Waals surface area contributed by atoms with E-state index in [0.717, 1.165) is 59.7 Å². The predicted octanol–water partition coefficient (Wildman–Crippen LogP) is 2.69. The van der Waals surface area contributed by atoms with Crippen molar-refractivity contribution < 1.29 is 4.79 Å². The molecule has 6 heteroatoms. The number of nitrogens with one attached hydrogen (secondary N) is 1. The normalized spacial score (nSPS) is 15.5. The van der Waals surface area contributed by atoms with Crippen molar-refractivity contribution in [3.63, 3.8) is 0 Å². The van der Waals surface area contributed by atoms with E-state index in [1.165, 1.54) is 0 Å². The summed E-state index contributed by atoms with van der Waals surface area (Å²) in [5.74, 6) is 0.106. The molecule has 0 spiro atoms. The highest BCUT2D eigenvalue weighted by atomic mass is 79.9. The fourth-order valence-electron chi connectivity index (χ4n) is 2.85. The van der Waals surface area contributed by atoms with Crippen LogP contribution in [0.1, 0.15) is 28.2 Å². The maximum Gasteiger partial charge on any atom is 0.253 e. The third-order valence-electron chi connectivity index (χ3n) is 4.19. The van der Waals surface area contributed by atoms with E-state index in [4.69, 9.17) is 0 Å². The molecule has 1 fully saturated rings. The van der Waals surface area contributed by atoms with Crippen LogP contribution < -0.4 is 5.32 Å². The molecule has 1 saturated heterocycles. The fraction of sp³-hybridized carbons (Fsp3) is 0.412. The van der Waals surface area contributed by atoms with E-state index in [9.17, 15) is 4.79 Å². The molecule has 1 amide bonds. The molecular formula is C17H21BrN4O. The second-order valence-electron chi connectivity index (χ2n) is 5.84. The molecule has 1 aromatic carbocycles. The van der Waals surface area contributed by atoms with Gasteiger partial charge >= 0.3 is 0 Å². The van der Waals surface area contributed by atoms with E-state index in [1.807, 2.05) is 47.7 Å². The lowest BCUT2D eigenvalue weighted by molar-refractivity contribution is 0.0766. The van der Waals surface area contributed by atoms with Crippen LogP contribution in [-0.4, -0.2) is 46.8 Å². The van der Waals surface area contributed by atoms with E-state index in [1.54, 1.807) is 0 Å². The molecule has 0 unspecified atom stereocenters. The van der Waals surface area contributed by atoms with E-state index in [0.29, 0.717) is 0 Å². The van der Waals surface area contributed by atoms with Crippen LogP contribution in [0.3, 0.4) is 0 Å². The molecule has 0 bridgehead atoms. The Kier molecular flexibility index (Phi) is 4.82. The summed E-state index contributed by atoms with van der Waals surface area (Å²) in [6.45, 7) is 7.42. The molecule has 1 aliphatic heterocycles. The minimum atomic E-state index is 0.106. The molecule has 0 aliphatic carbocycles. The number of nitrogens with zero attached hydrogens (tertiary/aromatic N) is 3. The number of rotatable bonds is 2. The average molecular weight is 377 g/mol. The van der Waals surface area contributed by atoms with Crippen molar-refractivity contribution in [1.29, 1.82) is 0 Å². The zero-order valence-corrected chi connectivity index (χ0v) is 15.1. The Bertz CT molecular complexity index is 700. The van der Waals surface area contributed by atoms with Gasteiger partial charge in [0.05, 0.1) is 21.5 Å². The quantitative estimate of drug-likeness (QED) is 0.876. The predicted molar refractivity (Wildman–Crippen MR) is 94.1 cm³/mol. The van der Waals surface area contributed by atoms with Gasteiger partial charge in [-0.25, -0.2) is 4.68 Å². The Labute approximate surface area is 144 Å². The van der Waals surface area contributed by atoms with Crippen LogP contribution in [0.5, 0.6) is 0 Å². The van der Waals surface area contributed by atoms with Crippen molar-refractivity contribution >= 4 is 21.8 Å². The first-order valence-corrected chi connectivity index (χ1v) is 8.69. The molecule has 0 radical (unpaired) electrons. The Morgan fingerprint density at radius 2 is 1.91 bits per heavy atom. The van der Waals surface area contributed by atoms with Crippen LogP contribution in [0, 0.1) is 13.8 Å². The Morgan fingerprint density at radius 3 is 2.57 bits per heavy atom. The largest absolute Gasteiger partial charge is 0.337 e. The van der Waals surface area contributed by atoms with E-state index in [-0.39, 0.29) is 5.91 Å². The number of hydrogen-bond acceptors (Lipinski definition) is 3. The number of aromatic nitrogens is 2. The Hall–Kier alpha value is -1.66. The van der Waals surface area contributed by atoms with Gasteiger partial charge in [0.25, 0.3) is 5.91 Å². The highest BCUT2D eigenvalue weighted by Crippen LogP contribution is 2.23. The van der Waals surface area contributed by atoms with Crippen LogP contribution in [0.4, 0.5) is 0 Å². The molecule has 1 aliphatic rings. The van der Waals surface area contributed by atoms with Gasteiger partial charge in [-0.15, -0.1) is 0 Å². The first-order valence-electron chi connectivity index (χ1n) is 7.90. The highest BCUT2D eigenvalue weighted by molar-refractivity contribution is 9.10. The van der Waals surface area contributed by atoms with Crippen LogP contribution in [0.15, 0.2) is 28.7 Å². The van der Waals surface area contributed by atoms with Crippen molar-refractivity contribution in [1.82, 2.24) is 20.0 Å². The summed E-state index contributed by atoms with van der Waals surface area (Å²) in [4.78, 5) is 14.5. The fourth-order valence-corrected chi connectivity index (χ4v) is 3.10. The summed E-state index contributed by atoms with van der Waals surface area (Å²) < 4.78 is 2.92. The minimum Gasteiger partial charge on any atom is -0.337 e. The van der Waals surface area contributed by atoms with Crippen LogP contribution in [0.25, 0.3) is 5.69 Å². The highest BCUT2D eigenvalue weighted by Gasteiger charge is 2.17. The van der Waals surface area contributed by atoms with Gasteiger partial charge in [-0.1, -0.05) is 0 Å². The number of halogens is 1. The van der Waals surface area contributed by atoms with Crippen molar-refractivity contribution in [2.45, 2.75) is 20.3 Å². The summed E-state index contributed by atoms with van der Waals surface area (Å²) in [5, 5.41) is 7.84. The SMILES string of the molecule is Cc1nn(-c2ccc(C(=O)N3CCCNCC3)cc2)c(C)c1Br. The Balaban J connectivity index is 1.81. The number of benzene rings is 1. The average Bonchev–Trinajstić information content (AvgIpc) is 2.80. The molecule has 23 heavy (non-hydrogen) atoms. The Morgan fingerprint density at radius 1 is 1.17 bits per heavy atom. The van der Waals surface area contributed by atoms with Gasteiger partial charge in [-0.05, 0) is 67.0 Å². The number of carbonyl (C=O) groups is 1. The zero-order valence-electron chi connectivity index (χ0n) is 13.5. The van der Waals surface area contributed by atoms with Crippen LogP contribution in [0.2, 0.25) is 0 Å². The lowest BCUT2D eigenvalue weighted by Crippen LogP contribution is -2.34. The van der Waals surface area contributed by atoms with Gasteiger partial charge < -0.3 is 10.2 Å². The van der Waals surface area contributed by atoms with Gasteiger partial charge in [0.15, 0.2) is 0 Å². The molecule has 1 N–H and O–H groups in total. The van der Waals surface area contributed by atoms with Crippen LogP contribution >= 0.6 is 15.9 Å². The molecule has 1 aromatic heterocycles. The summed E-state index contributed by atoms with van der Waals surface area (Å²) in [6, 6.07) is 7.69. The molecule has 0 atom stereocenters. The first kappa shape index (κ1) is 16.2. The molecule has 2 heterocycles. The topological polar surface area (TPSA) is 50.2 Å². The number of carbonyl (C=O) groups excluding carboxylic acids is 1. The lowest BCUT2D eigenvalue weighted by atomic mass is 10.1. The van der Waals surface area contributed by atoms with Gasteiger partial charge in [-0.2, -0.15) is 5.10 Å². The van der Waals surface area contributed by atoms with E-state index >= 15 is 0 Å².